The molecule has 12 atom stereocenters. The second kappa shape index (κ2) is 8.70. The van der Waals surface area contributed by atoms with E-state index in [-0.39, 0.29) is 23.9 Å². The lowest BCUT2D eigenvalue weighted by molar-refractivity contribution is -0.339. The fourth-order valence-corrected chi connectivity index (χ4v) is 7.95. The van der Waals surface area contributed by atoms with Gasteiger partial charge in [0, 0.05) is 18.8 Å². The van der Waals surface area contributed by atoms with E-state index >= 15 is 0 Å². The van der Waals surface area contributed by atoms with Crippen LogP contribution in [0, 0.1) is 41.4 Å². The van der Waals surface area contributed by atoms with Crippen LogP contribution in [0.25, 0.3) is 0 Å². The van der Waals surface area contributed by atoms with Crippen LogP contribution >= 0.6 is 0 Å². The highest BCUT2D eigenvalue weighted by molar-refractivity contribution is 6.00. The Morgan fingerprint density at radius 3 is 2.36 bits per heavy atom. The van der Waals surface area contributed by atoms with Crippen molar-refractivity contribution in [1.29, 1.82) is 0 Å². The van der Waals surface area contributed by atoms with E-state index in [1.54, 1.807) is 34.6 Å². The Kier molecular flexibility index (Phi) is 6.62. The first-order valence-corrected chi connectivity index (χ1v) is 13.0. The Morgan fingerprint density at radius 2 is 1.86 bits per heavy atom. The smallest absolute Gasteiger partial charge is 0.302 e. The molecule has 0 radical (unpaired) electrons. The van der Waals surface area contributed by atoms with E-state index in [1.165, 1.54) is 13.0 Å². The third kappa shape index (κ3) is 3.57. The van der Waals surface area contributed by atoms with Crippen molar-refractivity contribution in [2.24, 2.45) is 41.4 Å². The van der Waals surface area contributed by atoms with Gasteiger partial charge in [-0.2, -0.15) is 0 Å². The molecule has 3 aliphatic carbocycles. The fourth-order valence-electron chi connectivity index (χ4n) is 7.95. The van der Waals surface area contributed by atoms with Crippen molar-refractivity contribution < 1.29 is 44.3 Å². The summed E-state index contributed by atoms with van der Waals surface area (Å²) in [5.74, 6) is -8.51. The summed E-state index contributed by atoms with van der Waals surface area (Å²) in [5.41, 5.74) is -3.39. The highest BCUT2D eigenvalue weighted by Crippen LogP contribution is 2.65. The standard InChI is InChI=1S/C27H40O9/c1-11(2)24(32)27(34)26(33)14(5)20-18(35-15(6)28)9-12(3)19(20)22(31)23(26)25(7,36-27)10-16-17(29)8-13(4)21(16)30/h8,11-12,14,16-20,23-24,29,32-34H,9-10H2,1-7H3/t12-,14+,16+,17-,18-,19+,20-,23-,24?,25-,26+,27+/m0/s1. The SMILES string of the molecule is CC(=O)O[C@H]1C[C@H](C)[C@H]2C(=O)[C@@H]3[C@](O)([C@H](C)[C@H]21)[C@@](O)(C(O)C(C)C)O[C@@]3(C)C[C@H]1C(=O)C(C)=C[C@@H]1O. The second-order valence-corrected chi connectivity index (χ2v) is 12.2. The van der Waals surface area contributed by atoms with Crippen molar-refractivity contribution in [3.05, 3.63) is 11.6 Å². The van der Waals surface area contributed by atoms with E-state index in [2.05, 4.69) is 0 Å². The minimum atomic E-state index is -2.54. The van der Waals surface area contributed by atoms with Crippen LogP contribution < -0.4 is 0 Å². The number of ether oxygens (including phenoxy) is 2. The molecule has 36 heavy (non-hydrogen) atoms. The summed E-state index contributed by atoms with van der Waals surface area (Å²) in [7, 11) is 0. The van der Waals surface area contributed by atoms with Gasteiger partial charge in [-0.3, -0.25) is 14.4 Å². The molecule has 0 amide bonds. The molecule has 0 bridgehead atoms. The number of rotatable bonds is 5. The van der Waals surface area contributed by atoms with Gasteiger partial charge in [0.25, 0.3) is 0 Å². The van der Waals surface area contributed by atoms with Crippen LogP contribution in [0.1, 0.15) is 61.3 Å². The Balaban J connectivity index is 1.85. The Labute approximate surface area is 211 Å². The molecule has 202 valence electrons. The molecule has 2 saturated carbocycles. The molecule has 0 aromatic heterocycles. The van der Waals surface area contributed by atoms with Gasteiger partial charge in [-0.25, -0.2) is 0 Å². The average molecular weight is 509 g/mol. The highest BCUT2D eigenvalue weighted by atomic mass is 16.7. The van der Waals surface area contributed by atoms with Crippen LogP contribution in [0.15, 0.2) is 11.6 Å². The summed E-state index contributed by atoms with van der Waals surface area (Å²) in [6, 6.07) is 0. The van der Waals surface area contributed by atoms with Crippen molar-refractivity contribution in [1.82, 2.24) is 0 Å². The first kappa shape index (κ1) is 27.4. The van der Waals surface area contributed by atoms with Crippen LogP contribution in [-0.4, -0.2) is 73.3 Å². The summed E-state index contributed by atoms with van der Waals surface area (Å²) in [4.78, 5) is 38.9. The van der Waals surface area contributed by atoms with Crippen LogP contribution in [-0.2, 0) is 23.9 Å². The number of aliphatic hydroxyl groups excluding tert-OH is 2. The molecular weight excluding hydrogens is 468 g/mol. The molecule has 1 heterocycles. The van der Waals surface area contributed by atoms with E-state index in [0.29, 0.717) is 12.0 Å². The van der Waals surface area contributed by atoms with E-state index < -0.39 is 76.8 Å². The predicted octanol–water partition coefficient (Wildman–Crippen LogP) is 1.15. The maximum absolute atomic E-state index is 14.2. The molecule has 1 unspecified atom stereocenters. The monoisotopic (exact) mass is 508 g/mol. The molecule has 1 aliphatic heterocycles. The number of esters is 1. The lowest BCUT2D eigenvalue weighted by Gasteiger charge is -2.53. The second-order valence-electron chi connectivity index (χ2n) is 12.2. The maximum Gasteiger partial charge on any atom is 0.302 e. The van der Waals surface area contributed by atoms with Crippen molar-refractivity contribution >= 4 is 17.5 Å². The van der Waals surface area contributed by atoms with Gasteiger partial charge in [0.15, 0.2) is 5.78 Å². The molecular formula is C27H40O9. The van der Waals surface area contributed by atoms with Crippen molar-refractivity contribution in [2.45, 2.75) is 96.6 Å². The zero-order chi connectivity index (χ0) is 27.1. The quantitative estimate of drug-likeness (QED) is 0.401. The minimum Gasteiger partial charge on any atom is -0.462 e. The van der Waals surface area contributed by atoms with Crippen molar-refractivity contribution in [3.63, 3.8) is 0 Å². The van der Waals surface area contributed by atoms with Gasteiger partial charge >= 0.3 is 5.97 Å². The third-order valence-electron chi connectivity index (χ3n) is 9.49. The Hall–Kier alpha value is -1.65. The van der Waals surface area contributed by atoms with Crippen LogP contribution in [0.2, 0.25) is 0 Å². The normalized spacial score (nSPS) is 49.2. The van der Waals surface area contributed by atoms with E-state index in [4.69, 9.17) is 9.47 Å². The van der Waals surface area contributed by atoms with Gasteiger partial charge in [0.05, 0.1) is 23.5 Å². The average Bonchev–Trinajstić information content (AvgIpc) is 3.27. The zero-order valence-electron chi connectivity index (χ0n) is 22.1. The molecule has 0 aromatic rings. The molecule has 3 fully saturated rings. The number of aliphatic hydroxyl groups is 4. The number of carbonyl (C=O) groups is 3. The predicted molar refractivity (Wildman–Crippen MR) is 127 cm³/mol. The Bertz CT molecular complexity index is 990. The summed E-state index contributed by atoms with van der Waals surface area (Å²) in [6.45, 7) is 11.4. The van der Waals surface area contributed by atoms with Crippen molar-refractivity contribution in [2.75, 3.05) is 0 Å². The summed E-state index contributed by atoms with van der Waals surface area (Å²) in [6.07, 6.45) is -1.52. The number of allylic oxidation sites excluding steroid dienone is 1. The van der Waals surface area contributed by atoms with E-state index in [9.17, 15) is 34.8 Å². The van der Waals surface area contributed by atoms with Gasteiger partial charge in [-0.1, -0.05) is 27.7 Å². The summed E-state index contributed by atoms with van der Waals surface area (Å²) >= 11 is 0. The largest absolute Gasteiger partial charge is 0.462 e. The molecule has 1 saturated heterocycles. The van der Waals surface area contributed by atoms with Gasteiger partial charge in [0.1, 0.15) is 23.6 Å². The summed E-state index contributed by atoms with van der Waals surface area (Å²) < 4.78 is 11.8. The molecule has 0 aromatic carbocycles. The number of fused-ring (bicyclic) bond motifs is 2. The lowest BCUT2D eigenvalue weighted by Crippen LogP contribution is -2.71. The number of Topliss-reactive ketones (excluding diaryl/α,β-unsaturated/α-hetero) is 2. The van der Waals surface area contributed by atoms with Gasteiger partial charge in [0.2, 0.25) is 5.79 Å². The molecule has 9 heteroatoms. The van der Waals surface area contributed by atoms with Crippen LogP contribution in [0.3, 0.4) is 0 Å². The molecule has 4 aliphatic rings. The maximum atomic E-state index is 14.2. The topological polar surface area (TPSA) is 151 Å². The minimum absolute atomic E-state index is 0.126. The number of ketones is 2. The first-order valence-electron chi connectivity index (χ1n) is 13.0. The van der Waals surface area contributed by atoms with Crippen LogP contribution in [0.5, 0.6) is 0 Å². The molecule has 0 spiro atoms. The lowest BCUT2D eigenvalue weighted by atomic mass is 9.53. The number of carbonyl (C=O) groups excluding carboxylic acids is 3. The molecule has 9 nitrogen and oxygen atoms in total. The van der Waals surface area contributed by atoms with Crippen molar-refractivity contribution in [3.8, 4) is 0 Å². The number of hydrogen-bond donors (Lipinski definition) is 4. The molecule has 4 N–H and O–H groups in total. The summed E-state index contributed by atoms with van der Waals surface area (Å²) in [5, 5.41) is 46.1. The molecule has 4 rings (SSSR count). The third-order valence-corrected chi connectivity index (χ3v) is 9.49. The van der Waals surface area contributed by atoms with Gasteiger partial charge in [-0.05, 0) is 56.1 Å². The zero-order valence-corrected chi connectivity index (χ0v) is 22.1. The van der Waals surface area contributed by atoms with Crippen LogP contribution in [0.4, 0.5) is 0 Å². The van der Waals surface area contributed by atoms with E-state index in [1.807, 2.05) is 6.92 Å². The van der Waals surface area contributed by atoms with E-state index in [0.717, 1.165) is 0 Å². The highest BCUT2D eigenvalue weighted by Gasteiger charge is 2.80. The van der Waals surface area contributed by atoms with Gasteiger partial charge < -0.3 is 29.9 Å². The number of hydrogen-bond acceptors (Lipinski definition) is 9. The Morgan fingerprint density at radius 1 is 1.25 bits per heavy atom. The first-order chi connectivity index (χ1) is 16.5. The van der Waals surface area contributed by atoms with Gasteiger partial charge in [-0.15, -0.1) is 0 Å². The fraction of sp³-hybridized carbons (Fsp3) is 0.815.